The first kappa shape index (κ1) is 13.6. The maximum atomic E-state index is 12.3. The van der Waals surface area contributed by atoms with Crippen molar-refractivity contribution in [3.8, 4) is 0 Å². The summed E-state index contributed by atoms with van der Waals surface area (Å²) in [5, 5.41) is 0. The third-order valence-corrected chi connectivity index (χ3v) is 3.18. The van der Waals surface area contributed by atoms with Crippen molar-refractivity contribution in [1.82, 2.24) is 0 Å². The minimum Gasteiger partial charge on any atom is -0.377 e. The van der Waals surface area contributed by atoms with E-state index in [4.69, 9.17) is 0 Å². The predicted octanol–water partition coefficient (Wildman–Crippen LogP) is 4.52. The van der Waals surface area contributed by atoms with E-state index in [0.29, 0.717) is 0 Å². The topological polar surface area (TPSA) is 3.24 Å². The second-order valence-corrected chi connectivity index (χ2v) is 5.21. The van der Waals surface area contributed by atoms with Gasteiger partial charge < -0.3 is 4.90 Å². The van der Waals surface area contributed by atoms with Crippen molar-refractivity contribution in [2.24, 2.45) is 0 Å². The predicted molar refractivity (Wildman–Crippen MR) is 71.4 cm³/mol. The lowest BCUT2D eigenvalue weighted by Gasteiger charge is -2.14. The van der Waals surface area contributed by atoms with Gasteiger partial charge in [-0.25, -0.2) is 8.78 Å². The van der Waals surface area contributed by atoms with Gasteiger partial charge in [0.2, 0.25) is 0 Å². The van der Waals surface area contributed by atoms with Crippen LogP contribution in [-0.4, -0.2) is 20.5 Å². The fourth-order valence-corrected chi connectivity index (χ4v) is 2.21. The highest BCUT2D eigenvalue weighted by Gasteiger charge is 2.08. The van der Waals surface area contributed by atoms with Gasteiger partial charge in [0.1, 0.15) is 0 Å². The van der Waals surface area contributed by atoms with Crippen LogP contribution in [-0.2, 0) is 0 Å². The Hall–Kier alpha value is -0.420. The summed E-state index contributed by atoms with van der Waals surface area (Å²) in [6.45, 7) is 0. The molecule has 0 saturated carbocycles. The molecule has 0 unspecified atom stereocenters. The van der Waals surface area contributed by atoms with E-state index in [1.165, 1.54) is 6.08 Å². The minimum absolute atomic E-state index is 0.114. The van der Waals surface area contributed by atoms with Crippen LogP contribution < -0.4 is 4.90 Å². The van der Waals surface area contributed by atoms with Crippen LogP contribution in [0.25, 0.3) is 6.08 Å². The molecule has 0 fully saturated rings. The van der Waals surface area contributed by atoms with Gasteiger partial charge in [-0.3, -0.25) is 0 Å². The van der Waals surface area contributed by atoms with Gasteiger partial charge in [-0.2, -0.15) is 0 Å². The van der Waals surface area contributed by atoms with E-state index in [2.05, 4.69) is 31.9 Å². The zero-order chi connectivity index (χ0) is 12.3. The molecule has 1 nitrogen and oxygen atoms in total. The Morgan fingerprint density at radius 2 is 2.00 bits per heavy atom. The summed E-state index contributed by atoms with van der Waals surface area (Å²) in [6, 6.07) is 5.48. The Bertz CT molecular complexity index is 403. The van der Waals surface area contributed by atoms with Gasteiger partial charge >= 0.3 is 0 Å². The summed E-state index contributed by atoms with van der Waals surface area (Å²) in [7, 11) is 3.84. The van der Waals surface area contributed by atoms with Crippen molar-refractivity contribution >= 4 is 43.6 Å². The third-order valence-electron chi connectivity index (χ3n) is 1.97. The molecule has 0 saturated heterocycles. The highest BCUT2D eigenvalue weighted by atomic mass is 79.9. The second kappa shape index (κ2) is 5.77. The van der Waals surface area contributed by atoms with Crippen LogP contribution in [0.2, 0.25) is 0 Å². The average molecular weight is 355 g/mol. The molecule has 0 aromatic heterocycles. The summed E-state index contributed by atoms with van der Waals surface area (Å²) in [5.74, 6) is 0. The van der Waals surface area contributed by atoms with E-state index in [1.807, 2.05) is 25.1 Å². The molecule has 16 heavy (non-hydrogen) atoms. The molecule has 1 aromatic carbocycles. The van der Waals surface area contributed by atoms with E-state index in [-0.39, 0.29) is 4.48 Å². The Balaban J connectivity index is 3.02. The lowest BCUT2D eigenvalue weighted by molar-refractivity contribution is 0.202. The Morgan fingerprint density at radius 1 is 1.38 bits per heavy atom. The SMILES string of the molecule is CN(C)c1ccc(/C=C(\Br)C(F)F)cc1Br. The number of anilines is 1. The number of hydrogen-bond donors (Lipinski definition) is 0. The van der Waals surface area contributed by atoms with Crippen molar-refractivity contribution < 1.29 is 8.78 Å². The van der Waals surface area contributed by atoms with Gasteiger partial charge in [-0.05, 0) is 55.6 Å². The number of allylic oxidation sites excluding steroid dienone is 1. The molecule has 0 bridgehead atoms. The minimum atomic E-state index is -2.48. The summed E-state index contributed by atoms with van der Waals surface area (Å²) >= 11 is 6.24. The van der Waals surface area contributed by atoms with Gasteiger partial charge in [0.25, 0.3) is 6.43 Å². The second-order valence-electron chi connectivity index (χ2n) is 3.44. The lowest BCUT2D eigenvalue weighted by atomic mass is 10.2. The maximum Gasteiger partial charge on any atom is 0.270 e. The van der Waals surface area contributed by atoms with E-state index in [0.717, 1.165) is 15.7 Å². The van der Waals surface area contributed by atoms with Crippen LogP contribution in [0.3, 0.4) is 0 Å². The molecule has 1 rings (SSSR count). The highest BCUT2D eigenvalue weighted by Crippen LogP contribution is 2.28. The fourth-order valence-electron chi connectivity index (χ4n) is 1.20. The first-order valence-corrected chi connectivity index (χ1v) is 6.12. The molecule has 1 aromatic rings. The number of nitrogens with zero attached hydrogens (tertiary/aromatic N) is 1. The summed E-state index contributed by atoms with van der Waals surface area (Å²) in [4.78, 5) is 1.94. The number of hydrogen-bond acceptors (Lipinski definition) is 1. The largest absolute Gasteiger partial charge is 0.377 e. The van der Waals surface area contributed by atoms with Crippen LogP contribution in [0.5, 0.6) is 0 Å². The van der Waals surface area contributed by atoms with Crippen LogP contribution in [0.1, 0.15) is 5.56 Å². The number of rotatable bonds is 3. The normalized spacial score (nSPS) is 12.1. The number of alkyl halides is 2. The van der Waals surface area contributed by atoms with Gasteiger partial charge in [-0.1, -0.05) is 6.07 Å². The Morgan fingerprint density at radius 3 is 2.44 bits per heavy atom. The van der Waals surface area contributed by atoms with Crippen LogP contribution in [0, 0.1) is 0 Å². The molecule has 5 heteroatoms. The standard InChI is InChI=1S/C11H11Br2F2N/c1-16(2)10-4-3-7(5-8(10)12)6-9(13)11(14)15/h3-6,11H,1-2H3/b9-6-. The van der Waals surface area contributed by atoms with Crippen molar-refractivity contribution in [1.29, 1.82) is 0 Å². The van der Waals surface area contributed by atoms with Gasteiger partial charge in [0.05, 0.1) is 10.2 Å². The molecule has 0 aliphatic heterocycles. The van der Waals surface area contributed by atoms with Crippen molar-refractivity contribution in [3.63, 3.8) is 0 Å². The van der Waals surface area contributed by atoms with E-state index in [1.54, 1.807) is 12.1 Å². The van der Waals surface area contributed by atoms with Gasteiger partial charge in [-0.15, -0.1) is 0 Å². The Kier molecular flexibility index (Phi) is 4.92. The first-order chi connectivity index (χ1) is 7.41. The summed E-state index contributed by atoms with van der Waals surface area (Å²) in [5.41, 5.74) is 1.73. The molecular weight excluding hydrogens is 344 g/mol. The van der Waals surface area contributed by atoms with Crippen LogP contribution in [0.15, 0.2) is 27.2 Å². The van der Waals surface area contributed by atoms with Crippen molar-refractivity contribution in [3.05, 3.63) is 32.7 Å². The molecule has 88 valence electrons. The van der Waals surface area contributed by atoms with Crippen molar-refractivity contribution in [2.45, 2.75) is 6.43 Å². The molecule has 0 heterocycles. The average Bonchev–Trinajstić information content (AvgIpc) is 2.16. The summed E-state index contributed by atoms with van der Waals surface area (Å²) in [6.07, 6.45) is -1.07. The van der Waals surface area contributed by atoms with Crippen LogP contribution >= 0.6 is 31.9 Å². The third kappa shape index (κ3) is 3.56. The molecular formula is C11H11Br2F2N. The highest BCUT2D eigenvalue weighted by molar-refractivity contribution is 9.11. The lowest BCUT2D eigenvalue weighted by Crippen LogP contribution is -2.09. The quantitative estimate of drug-likeness (QED) is 0.771. The van der Waals surface area contributed by atoms with Crippen LogP contribution in [0.4, 0.5) is 14.5 Å². The van der Waals surface area contributed by atoms with Gasteiger partial charge in [0.15, 0.2) is 0 Å². The first-order valence-electron chi connectivity index (χ1n) is 4.54. The molecule has 0 amide bonds. The van der Waals surface area contributed by atoms with E-state index in [9.17, 15) is 8.78 Å². The smallest absolute Gasteiger partial charge is 0.270 e. The Labute approximate surface area is 110 Å². The number of halogens is 4. The van der Waals surface area contributed by atoms with Gasteiger partial charge in [0, 0.05) is 18.6 Å². The molecule has 0 spiro atoms. The molecule has 0 radical (unpaired) electrons. The molecule has 0 atom stereocenters. The van der Waals surface area contributed by atoms with E-state index >= 15 is 0 Å². The maximum absolute atomic E-state index is 12.3. The number of benzene rings is 1. The van der Waals surface area contributed by atoms with Crippen molar-refractivity contribution in [2.75, 3.05) is 19.0 Å². The summed E-state index contributed by atoms with van der Waals surface area (Å²) < 4.78 is 25.3. The zero-order valence-corrected chi connectivity index (χ0v) is 12.0. The fraction of sp³-hybridized carbons (Fsp3) is 0.273. The zero-order valence-electron chi connectivity index (χ0n) is 8.85. The molecule has 0 aliphatic carbocycles. The monoisotopic (exact) mass is 353 g/mol. The van der Waals surface area contributed by atoms with E-state index < -0.39 is 6.43 Å². The molecule has 0 N–H and O–H groups in total. The molecule has 0 aliphatic rings.